The van der Waals surface area contributed by atoms with Gasteiger partial charge in [-0.05, 0) is 43.4 Å². The summed E-state index contributed by atoms with van der Waals surface area (Å²) in [4.78, 5) is 58.5. The van der Waals surface area contributed by atoms with Crippen LogP contribution in [0.25, 0.3) is 0 Å². The molecule has 2 saturated heterocycles. The van der Waals surface area contributed by atoms with Crippen molar-refractivity contribution in [2.45, 2.75) is 51.8 Å². The van der Waals surface area contributed by atoms with Gasteiger partial charge in [-0.2, -0.15) is 0 Å². The lowest BCUT2D eigenvalue weighted by Crippen LogP contribution is -2.48. The van der Waals surface area contributed by atoms with Crippen molar-refractivity contribution in [1.29, 1.82) is 0 Å². The highest BCUT2D eigenvalue weighted by Crippen LogP contribution is 2.27. The third kappa shape index (κ3) is 8.94. The van der Waals surface area contributed by atoms with Gasteiger partial charge in [0.15, 0.2) is 0 Å². The molecule has 0 aromatic heterocycles. The van der Waals surface area contributed by atoms with Gasteiger partial charge in [0.2, 0.25) is 18.2 Å². The maximum atomic E-state index is 13.7. The highest BCUT2D eigenvalue weighted by atomic mass is 16.5. The average Bonchev–Trinajstić information content (AvgIpc) is 3.56. The van der Waals surface area contributed by atoms with Crippen molar-refractivity contribution in [3.63, 3.8) is 0 Å². The minimum atomic E-state index is -0.671. The molecule has 2 fully saturated rings. The molecule has 1 N–H and O–H groups in total. The predicted octanol–water partition coefficient (Wildman–Crippen LogP) is 3.26. The van der Waals surface area contributed by atoms with E-state index in [4.69, 9.17) is 4.74 Å². The number of piperazine rings is 1. The molecule has 242 valence electrons. The molecule has 4 rings (SSSR count). The van der Waals surface area contributed by atoms with Gasteiger partial charge in [0.25, 0.3) is 0 Å². The number of esters is 1. The molecule has 2 aliphatic heterocycles. The standard InChI is InChI=1S/C35H47N5O5/c1-26(2)31(37(4)33(42)23-36-25-41)22-27(3)34(43)40-17-11-16-30(40)35(44)45-32(28-12-7-5-8-13-28)24-38-18-20-39(21-19-38)29-14-9-6-10-15-29/h5-10,12-15,22,25-26,30-32H,11,16-21,23-24H2,1-4H3,(H,36,41)/t30-,31?,32?/m0/s1. The molecule has 10 nitrogen and oxygen atoms in total. The number of nitrogens with zero attached hydrogens (tertiary/aromatic N) is 4. The van der Waals surface area contributed by atoms with E-state index >= 15 is 0 Å². The van der Waals surface area contributed by atoms with E-state index in [1.807, 2.05) is 50.2 Å². The zero-order chi connectivity index (χ0) is 32.3. The summed E-state index contributed by atoms with van der Waals surface area (Å²) in [5.74, 6) is -0.856. The Morgan fingerprint density at radius 3 is 2.24 bits per heavy atom. The molecule has 0 saturated carbocycles. The van der Waals surface area contributed by atoms with Crippen LogP contribution < -0.4 is 10.2 Å². The summed E-state index contributed by atoms with van der Waals surface area (Å²) in [6, 6.07) is 19.2. The van der Waals surface area contributed by atoms with Crippen LogP contribution in [0.2, 0.25) is 0 Å². The van der Waals surface area contributed by atoms with E-state index in [2.05, 4.69) is 39.4 Å². The maximum Gasteiger partial charge on any atom is 0.329 e. The summed E-state index contributed by atoms with van der Waals surface area (Å²) in [7, 11) is 1.66. The van der Waals surface area contributed by atoms with Gasteiger partial charge >= 0.3 is 5.97 Å². The number of nitrogens with one attached hydrogen (secondary N) is 1. The van der Waals surface area contributed by atoms with Crippen molar-refractivity contribution in [2.24, 2.45) is 5.92 Å². The van der Waals surface area contributed by atoms with E-state index in [9.17, 15) is 19.2 Å². The summed E-state index contributed by atoms with van der Waals surface area (Å²) >= 11 is 0. The lowest BCUT2D eigenvalue weighted by atomic mass is 9.99. The van der Waals surface area contributed by atoms with Gasteiger partial charge in [0.05, 0.1) is 12.6 Å². The molecule has 2 aromatic rings. The summed E-state index contributed by atoms with van der Waals surface area (Å²) in [5, 5.41) is 2.40. The van der Waals surface area contributed by atoms with Crippen molar-refractivity contribution < 1.29 is 23.9 Å². The van der Waals surface area contributed by atoms with E-state index in [0.29, 0.717) is 37.9 Å². The molecule has 0 bridgehead atoms. The van der Waals surface area contributed by atoms with Gasteiger partial charge in [-0.3, -0.25) is 19.3 Å². The molecule has 2 heterocycles. The Bertz CT molecular complexity index is 1310. The Hall–Kier alpha value is -4.18. The van der Waals surface area contributed by atoms with Gasteiger partial charge in [-0.25, -0.2) is 4.79 Å². The highest BCUT2D eigenvalue weighted by molar-refractivity contribution is 5.96. The minimum Gasteiger partial charge on any atom is -0.455 e. The summed E-state index contributed by atoms with van der Waals surface area (Å²) in [6.07, 6.45) is 3.06. The number of benzene rings is 2. The number of carbonyl (C=O) groups is 4. The first-order chi connectivity index (χ1) is 21.7. The normalized spacial score (nSPS) is 18.8. The average molecular weight is 618 g/mol. The second-order valence-corrected chi connectivity index (χ2v) is 12.2. The third-order valence-corrected chi connectivity index (χ3v) is 8.75. The first-order valence-electron chi connectivity index (χ1n) is 15.9. The number of anilines is 1. The molecule has 3 amide bonds. The largest absolute Gasteiger partial charge is 0.455 e. The van der Waals surface area contributed by atoms with E-state index in [1.54, 1.807) is 24.9 Å². The Morgan fingerprint density at radius 2 is 1.62 bits per heavy atom. The number of ether oxygens (including phenoxy) is 1. The van der Waals surface area contributed by atoms with Crippen molar-refractivity contribution in [3.05, 3.63) is 77.9 Å². The number of likely N-dealkylation sites (tertiary alicyclic amines) is 1. The topological polar surface area (TPSA) is 102 Å². The second kappa shape index (κ2) is 16.2. The Kier molecular flexibility index (Phi) is 12.2. The van der Waals surface area contributed by atoms with Crippen LogP contribution in [0.5, 0.6) is 0 Å². The monoisotopic (exact) mass is 617 g/mol. The van der Waals surface area contributed by atoms with Crippen molar-refractivity contribution in [3.8, 4) is 0 Å². The number of para-hydroxylation sites is 1. The smallest absolute Gasteiger partial charge is 0.329 e. The number of amides is 3. The zero-order valence-electron chi connectivity index (χ0n) is 26.9. The Morgan fingerprint density at radius 1 is 0.978 bits per heavy atom. The first-order valence-corrected chi connectivity index (χ1v) is 15.9. The fraction of sp³-hybridized carbons (Fsp3) is 0.486. The number of rotatable bonds is 13. The fourth-order valence-corrected chi connectivity index (χ4v) is 6.14. The predicted molar refractivity (Wildman–Crippen MR) is 174 cm³/mol. The van der Waals surface area contributed by atoms with Crippen LogP contribution in [0, 0.1) is 5.92 Å². The van der Waals surface area contributed by atoms with E-state index in [1.165, 1.54) is 10.6 Å². The quantitative estimate of drug-likeness (QED) is 0.209. The van der Waals surface area contributed by atoms with Gasteiger partial charge in [0, 0.05) is 57.6 Å². The van der Waals surface area contributed by atoms with Crippen LogP contribution in [-0.2, 0) is 23.9 Å². The van der Waals surface area contributed by atoms with Crippen LogP contribution in [0.15, 0.2) is 72.3 Å². The van der Waals surface area contributed by atoms with Gasteiger partial charge in [0.1, 0.15) is 12.1 Å². The lowest BCUT2D eigenvalue weighted by molar-refractivity contribution is -0.158. The molecular weight excluding hydrogens is 570 g/mol. The van der Waals surface area contributed by atoms with Crippen LogP contribution in [0.4, 0.5) is 5.69 Å². The van der Waals surface area contributed by atoms with Crippen LogP contribution in [0.3, 0.4) is 0 Å². The molecule has 45 heavy (non-hydrogen) atoms. The number of likely N-dealkylation sites (N-methyl/N-ethyl adjacent to an activating group) is 1. The SMILES string of the molecule is CC(=CC(C(C)C)N(C)C(=O)CNC=O)C(=O)N1CCC[C@H]1C(=O)OC(CN1CCN(c2ccccc2)CC1)c1ccccc1. The highest BCUT2D eigenvalue weighted by Gasteiger charge is 2.38. The van der Waals surface area contributed by atoms with E-state index < -0.39 is 18.1 Å². The van der Waals surface area contributed by atoms with Gasteiger partial charge < -0.3 is 24.8 Å². The molecule has 0 aliphatic carbocycles. The molecule has 2 aromatic carbocycles. The second-order valence-electron chi connectivity index (χ2n) is 12.2. The van der Waals surface area contributed by atoms with Crippen LogP contribution in [0.1, 0.15) is 45.3 Å². The van der Waals surface area contributed by atoms with Crippen molar-refractivity contribution in [2.75, 3.05) is 57.8 Å². The molecule has 3 atom stereocenters. The van der Waals surface area contributed by atoms with Crippen molar-refractivity contribution in [1.82, 2.24) is 20.0 Å². The summed E-state index contributed by atoms with van der Waals surface area (Å²) in [5.41, 5.74) is 2.61. The number of hydrogen-bond donors (Lipinski definition) is 1. The van der Waals surface area contributed by atoms with Gasteiger partial charge in [-0.15, -0.1) is 0 Å². The van der Waals surface area contributed by atoms with E-state index in [-0.39, 0.29) is 30.3 Å². The van der Waals surface area contributed by atoms with Gasteiger partial charge in [-0.1, -0.05) is 68.5 Å². The lowest BCUT2D eigenvalue weighted by Gasteiger charge is -2.37. The summed E-state index contributed by atoms with van der Waals surface area (Å²) in [6.45, 7) is 10.1. The van der Waals surface area contributed by atoms with E-state index in [0.717, 1.165) is 31.7 Å². The number of hydrogen-bond acceptors (Lipinski definition) is 7. The Labute approximate surface area is 267 Å². The molecule has 10 heteroatoms. The fourth-order valence-electron chi connectivity index (χ4n) is 6.14. The maximum absolute atomic E-state index is 13.7. The number of carbonyl (C=O) groups excluding carboxylic acids is 4. The third-order valence-electron chi connectivity index (χ3n) is 8.75. The molecule has 0 spiro atoms. The molecule has 2 aliphatic rings. The Balaban J connectivity index is 1.43. The minimum absolute atomic E-state index is 0.0264. The van der Waals surface area contributed by atoms with Crippen LogP contribution in [-0.4, -0.2) is 104 Å². The van der Waals surface area contributed by atoms with Crippen molar-refractivity contribution >= 4 is 29.9 Å². The van der Waals surface area contributed by atoms with Crippen LogP contribution >= 0.6 is 0 Å². The molecule has 2 unspecified atom stereocenters. The molecular formula is C35H47N5O5. The summed E-state index contributed by atoms with van der Waals surface area (Å²) < 4.78 is 6.23. The molecule has 0 radical (unpaired) electrons. The first kappa shape index (κ1) is 33.7. The zero-order valence-corrected chi connectivity index (χ0v) is 26.9.